The van der Waals surface area contributed by atoms with Gasteiger partial charge in [0.1, 0.15) is 22.1 Å². The van der Waals surface area contributed by atoms with E-state index >= 15 is 0 Å². The second kappa shape index (κ2) is 8.39. The number of aromatic nitrogens is 1. The first kappa shape index (κ1) is 19.2. The van der Waals surface area contributed by atoms with Crippen LogP contribution >= 0.6 is 11.3 Å². The van der Waals surface area contributed by atoms with Gasteiger partial charge in [-0.2, -0.15) is 0 Å². The molecule has 1 aromatic heterocycles. The van der Waals surface area contributed by atoms with Crippen LogP contribution in [0.25, 0.3) is 0 Å². The van der Waals surface area contributed by atoms with Crippen LogP contribution in [0.3, 0.4) is 0 Å². The number of ether oxygens (including phenoxy) is 3. The minimum atomic E-state index is -0.448. The summed E-state index contributed by atoms with van der Waals surface area (Å²) in [7, 11) is 3.05. The van der Waals surface area contributed by atoms with Gasteiger partial charge >= 0.3 is 5.97 Å². The Bertz CT molecular complexity index is 809. The normalized spacial score (nSPS) is 13.1. The fraction of sp³-hybridized carbons (Fsp3) is 0.421. The quantitative estimate of drug-likeness (QED) is 0.645. The predicted molar refractivity (Wildman–Crippen MR) is 101 cm³/mol. The third-order valence-electron chi connectivity index (χ3n) is 4.23. The molecule has 0 unspecified atom stereocenters. The lowest BCUT2D eigenvalue weighted by atomic mass is 10.1. The van der Waals surface area contributed by atoms with E-state index < -0.39 is 5.97 Å². The van der Waals surface area contributed by atoms with E-state index in [1.165, 1.54) is 25.6 Å². The Morgan fingerprint density at radius 1 is 1.22 bits per heavy atom. The molecule has 2 aromatic rings. The molecular weight excluding hydrogens is 368 g/mol. The van der Waals surface area contributed by atoms with Crippen molar-refractivity contribution in [1.82, 2.24) is 9.88 Å². The van der Waals surface area contributed by atoms with Crippen LogP contribution in [0.15, 0.2) is 23.6 Å². The van der Waals surface area contributed by atoms with E-state index in [0.717, 1.165) is 12.8 Å². The maximum absolute atomic E-state index is 13.3. The van der Waals surface area contributed by atoms with Crippen LogP contribution in [0.5, 0.6) is 11.5 Å². The number of amides is 1. The Labute approximate surface area is 161 Å². The fourth-order valence-corrected chi connectivity index (χ4v) is 3.55. The number of methoxy groups -OCH3 is 2. The molecule has 0 saturated heterocycles. The summed E-state index contributed by atoms with van der Waals surface area (Å²) in [6.07, 6.45) is 1.89. The van der Waals surface area contributed by atoms with Crippen molar-refractivity contribution in [3.8, 4) is 11.5 Å². The van der Waals surface area contributed by atoms with Crippen molar-refractivity contribution in [3.63, 3.8) is 0 Å². The van der Waals surface area contributed by atoms with E-state index in [-0.39, 0.29) is 17.6 Å². The molecule has 0 bridgehead atoms. The topological polar surface area (TPSA) is 78.0 Å². The Morgan fingerprint density at radius 3 is 2.44 bits per heavy atom. The first-order valence-electron chi connectivity index (χ1n) is 8.72. The number of nitrogens with zero attached hydrogens (tertiary/aromatic N) is 2. The zero-order valence-corrected chi connectivity index (χ0v) is 16.4. The van der Waals surface area contributed by atoms with Crippen molar-refractivity contribution < 1.29 is 23.8 Å². The van der Waals surface area contributed by atoms with Crippen molar-refractivity contribution in [2.24, 2.45) is 0 Å². The number of carbonyl (C=O) groups is 2. The highest BCUT2D eigenvalue weighted by Crippen LogP contribution is 2.35. The summed E-state index contributed by atoms with van der Waals surface area (Å²) in [6.45, 7) is 2.38. The second-order valence-electron chi connectivity index (χ2n) is 6.05. The number of thiazole rings is 1. The highest BCUT2D eigenvalue weighted by Gasteiger charge is 2.36. The maximum atomic E-state index is 13.3. The van der Waals surface area contributed by atoms with E-state index in [9.17, 15) is 9.59 Å². The van der Waals surface area contributed by atoms with Crippen LogP contribution < -0.4 is 9.47 Å². The molecule has 1 aromatic carbocycles. The number of hydrogen-bond acceptors (Lipinski definition) is 7. The summed E-state index contributed by atoms with van der Waals surface area (Å²) in [5.41, 5.74) is 0.673. The van der Waals surface area contributed by atoms with Crippen LogP contribution in [0, 0.1) is 0 Å². The van der Waals surface area contributed by atoms with Crippen LogP contribution in [0.2, 0.25) is 0 Å². The molecule has 8 heteroatoms. The Hall–Kier alpha value is -2.61. The SMILES string of the molecule is CCOC(=O)c1csc(CN(C(=O)c2c(OC)cccc2OC)C2CC2)n1. The minimum Gasteiger partial charge on any atom is -0.496 e. The molecule has 0 spiro atoms. The Balaban J connectivity index is 1.85. The van der Waals surface area contributed by atoms with Gasteiger partial charge in [0.15, 0.2) is 5.69 Å². The number of esters is 1. The van der Waals surface area contributed by atoms with Gasteiger partial charge in [0.05, 0.1) is 27.4 Å². The number of carbonyl (C=O) groups excluding carboxylic acids is 2. The fourth-order valence-electron chi connectivity index (χ4n) is 2.79. The van der Waals surface area contributed by atoms with Gasteiger partial charge in [-0.3, -0.25) is 4.79 Å². The lowest BCUT2D eigenvalue weighted by Crippen LogP contribution is -2.33. The lowest BCUT2D eigenvalue weighted by molar-refractivity contribution is 0.0520. The highest BCUT2D eigenvalue weighted by molar-refractivity contribution is 7.09. The van der Waals surface area contributed by atoms with E-state index in [0.29, 0.717) is 35.2 Å². The molecule has 0 radical (unpaired) electrons. The van der Waals surface area contributed by atoms with Crippen LogP contribution in [0.4, 0.5) is 0 Å². The molecule has 1 heterocycles. The molecule has 1 aliphatic carbocycles. The molecule has 7 nitrogen and oxygen atoms in total. The molecule has 1 aliphatic rings. The molecule has 27 heavy (non-hydrogen) atoms. The second-order valence-corrected chi connectivity index (χ2v) is 6.99. The van der Waals surface area contributed by atoms with Crippen LogP contribution in [-0.2, 0) is 11.3 Å². The Morgan fingerprint density at radius 2 is 1.89 bits per heavy atom. The van der Waals surface area contributed by atoms with Crippen molar-refractivity contribution in [2.45, 2.75) is 32.4 Å². The summed E-state index contributed by atoms with van der Waals surface area (Å²) < 4.78 is 15.7. The molecule has 1 saturated carbocycles. The molecule has 144 valence electrons. The molecule has 1 amide bonds. The van der Waals surface area contributed by atoms with Gasteiger partial charge in [-0.05, 0) is 31.9 Å². The molecule has 1 fully saturated rings. The third-order valence-corrected chi connectivity index (χ3v) is 5.07. The van der Waals surface area contributed by atoms with Gasteiger partial charge in [0.2, 0.25) is 0 Å². The van der Waals surface area contributed by atoms with Gasteiger partial charge in [0.25, 0.3) is 5.91 Å². The van der Waals surface area contributed by atoms with Crippen molar-refractivity contribution in [3.05, 3.63) is 39.8 Å². The van der Waals surface area contributed by atoms with E-state index in [2.05, 4.69) is 4.98 Å². The van der Waals surface area contributed by atoms with Crippen LogP contribution in [-0.4, -0.2) is 48.6 Å². The minimum absolute atomic E-state index is 0.155. The summed E-state index contributed by atoms with van der Waals surface area (Å²) in [6, 6.07) is 5.41. The molecular formula is C19H22N2O5S. The monoisotopic (exact) mass is 390 g/mol. The first-order valence-corrected chi connectivity index (χ1v) is 9.60. The van der Waals surface area contributed by atoms with E-state index in [4.69, 9.17) is 14.2 Å². The molecule has 0 N–H and O–H groups in total. The zero-order chi connectivity index (χ0) is 19.4. The Kier molecular flexibility index (Phi) is 5.95. The van der Waals surface area contributed by atoms with Crippen molar-refractivity contribution >= 4 is 23.2 Å². The van der Waals surface area contributed by atoms with Gasteiger partial charge < -0.3 is 19.1 Å². The number of hydrogen-bond donors (Lipinski definition) is 0. The maximum Gasteiger partial charge on any atom is 0.357 e. The summed E-state index contributed by atoms with van der Waals surface area (Å²) >= 11 is 1.34. The first-order chi connectivity index (χ1) is 13.1. The number of benzene rings is 1. The standard InChI is InChI=1S/C19H22N2O5S/c1-4-26-19(23)13-11-27-16(20-13)10-21(12-8-9-12)18(22)17-14(24-2)6-5-7-15(17)25-3/h5-7,11-12H,4,8-10H2,1-3H3. The van der Waals surface area contributed by atoms with Gasteiger partial charge in [-0.25, -0.2) is 9.78 Å². The zero-order valence-electron chi connectivity index (χ0n) is 15.6. The van der Waals surface area contributed by atoms with Crippen LogP contribution in [0.1, 0.15) is 45.6 Å². The lowest BCUT2D eigenvalue weighted by Gasteiger charge is -2.23. The van der Waals surface area contributed by atoms with Gasteiger partial charge in [-0.1, -0.05) is 6.07 Å². The van der Waals surface area contributed by atoms with E-state index in [1.807, 2.05) is 0 Å². The van der Waals surface area contributed by atoms with Gasteiger partial charge in [-0.15, -0.1) is 11.3 Å². The smallest absolute Gasteiger partial charge is 0.357 e. The van der Waals surface area contributed by atoms with E-state index in [1.54, 1.807) is 35.4 Å². The summed E-state index contributed by atoms with van der Waals surface area (Å²) in [5.74, 6) is 0.322. The largest absolute Gasteiger partial charge is 0.496 e. The average Bonchev–Trinajstić information content (AvgIpc) is 3.42. The highest BCUT2D eigenvalue weighted by atomic mass is 32.1. The third kappa shape index (κ3) is 4.21. The molecule has 0 aliphatic heterocycles. The number of rotatable bonds is 8. The molecule has 0 atom stereocenters. The summed E-state index contributed by atoms with van der Waals surface area (Å²) in [4.78, 5) is 31.2. The molecule has 3 rings (SSSR count). The predicted octanol–water partition coefficient (Wildman–Crippen LogP) is 3.14. The van der Waals surface area contributed by atoms with Crippen molar-refractivity contribution in [2.75, 3.05) is 20.8 Å². The van der Waals surface area contributed by atoms with Gasteiger partial charge in [0, 0.05) is 11.4 Å². The van der Waals surface area contributed by atoms with Crippen molar-refractivity contribution in [1.29, 1.82) is 0 Å². The average molecular weight is 390 g/mol. The summed E-state index contributed by atoms with van der Waals surface area (Å²) in [5, 5.41) is 2.35.